The lowest BCUT2D eigenvalue weighted by molar-refractivity contribution is -0.137. The van der Waals surface area contributed by atoms with Crippen molar-refractivity contribution in [3.8, 4) is 33.9 Å². The van der Waals surface area contributed by atoms with Gasteiger partial charge in [-0.1, -0.05) is 30.3 Å². The highest BCUT2D eigenvalue weighted by atomic mass is 16.4. The highest BCUT2D eigenvalue weighted by Gasteiger charge is 2.26. The Morgan fingerprint density at radius 1 is 0.972 bits per heavy atom. The average molecular weight is 483 g/mol. The van der Waals surface area contributed by atoms with E-state index in [1.807, 2.05) is 42.5 Å². The van der Waals surface area contributed by atoms with Gasteiger partial charge in [-0.15, -0.1) is 0 Å². The van der Waals surface area contributed by atoms with Crippen LogP contribution in [0.4, 0.5) is 5.95 Å². The standard InChI is InChI=1S/C26H26N8O2/c1-15-30-23(33(32-15)14-22(35)36)18-7-5-6-8-19(18)24-31-20-11-16(17-12-28-25(27)29-13-17)9-10-21(20)34(24)26(2,3)4/h5-13H,14H2,1-4H3,(H,35,36)(H2,27,28,29). The van der Waals surface area contributed by atoms with E-state index in [-0.39, 0.29) is 18.0 Å². The first-order chi connectivity index (χ1) is 17.1. The molecule has 0 aliphatic carbocycles. The molecule has 5 rings (SSSR count). The Kier molecular flexibility index (Phi) is 5.51. The van der Waals surface area contributed by atoms with Gasteiger partial charge in [-0.2, -0.15) is 5.10 Å². The SMILES string of the molecule is Cc1nc(-c2ccccc2-c2nc3cc(-c4cnc(N)nc4)ccc3n2C(C)(C)C)n(CC(=O)O)n1. The number of hydrogen-bond acceptors (Lipinski definition) is 7. The quantitative estimate of drug-likeness (QED) is 0.381. The molecule has 0 amide bonds. The molecule has 0 aliphatic heterocycles. The summed E-state index contributed by atoms with van der Waals surface area (Å²) >= 11 is 0. The lowest BCUT2D eigenvalue weighted by atomic mass is 10.0. The molecule has 0 aliphatic rings. The summed E-state index contributed by atoms with van der Waals surface area (Å²) < 4.78 is 3.61. The maximum absolute atomic E-state index is 11.5. The van der Waals surface area contributed by atoms with Gasteiger partial charge >= 0.3 is 5.97 Å². The van der Waals surface area contributed by atoms with E-state index in [1.165, 1.54) is 4.68 Å². The van der Waals surface area contributed by atoms with Crippen LogP contribution >= 0.6 is 0 Å². The van der Waals surface area contributed by atoms with Crippen LogP contribution in [0, 0.1) is 6.92 Å². The number of imidazole rings is 1. The minimum Gasteiger partial charge on any atom is -0.480 e. The summed E-state index contributed by atoms with van der Waals surface area (Å²) in [4.78, 5) is 29.3. The number of aliphatic carboxylic acids is 1. The molecule has 0 unspecified atom stereocenters. The molecule has 10 heteroatoms. The molecule has 3 N–H and O–H groups in total. The third kappa shape index (κ3) is 4.17. The largest absolute Gasteiger partial charge is 0.480 e. The molecule has 3 heterocycles. The predicted octanol–water partition coefficient (Wildman–Crippen LogP) is 4.15. The maximum atomic E-state index is 11.5. The number of anilines is 1. The van der Waals surface area contributed by atoms with Crippen molar-refractivity contribution < 1.29 is 9.90 Å². The molecule has 36 heavy (non-hydrogen) atoms. The van der Waals surface area contributed by atoms with Crippen molar-refractivity contribution in [3.63, 3.8) is 0 Å². The number of nitrogen functional groups attached to an aromatic ring is 1. The van der Waals surface area contributed by atoms with E-state index in [0.29, 0.717) is 11.6 Å². The number of carboxylic acid groups (broad SMARTS) is 1. The minimum absolute atomic E-state index is 0.224. The summed E-state index contributed by atoms with van der Waals surface area (Å²) in [6, 6.07) is 13.8. The van der Waals surface area contributed by atoms with Gasteiger partial charge < -0.3 is 15.4 Å². The highest BCUT2D eigenvalue weighted by molar-refractivity contribution is 5.88. The van der Waals surface area contributed by atoms with Crippen LogP contribution in [0.5, 0.6) is 0 Å². The van der Waals surface area contributed by atoms with E-state index in [0.717, 1.165) is 39.1 Å². The number of hydrogen-bond donors (Lipinski definition) is 2. The van der Waals surface area contributed by atoms with Gasteiger partial charge in [-0.3, -0.25) is 4.79 Å². The Morgan fingerprint density at radius 3 is 2.28 bits per heavy atom. The van der Waals surface area contributed by atoms with Crippen LogP contribution in [0.1, 0.15) is 26.6 Å². The molecule has 0 fully saturated rings. The van der Waals surface area contributed by atoms with Crippen LogP contribution in [0.15, 0.2) is 54.9 Å². The number of rotatable bonds is 5. The van der Waals surface area contributed by atoms with Gasteiger partial charge in [0.1, 0.15) is 18.2 Å². The summed E-state index contributed by atoms with van der Waals surface area (Å²) in [6.07, 6.45) is 3.39. The Bertz CT molecular complexity index is 1590. The number of benzene rings is 2. The Hall–Kier alpha value is -4.60. The second-order valence-corrected chi connectivity index (χ2v) is 9.55. The van der Waals surface area contributed by atoms with Crippen LogP contribution in [0.25, 0.3) is 44.9 Å². The molecule has 0 atom stereocenters. The Morgan fingerprint density at radius 2 is 1.64 bits per heavy atom. The van der Waals surface area contributed by atoms with Crippen LogP contribution in [-0.2, 0) is 16.9 Å². The van der Waals surface area contributed by atoms with Crippen molar-refractivity contribution in [2.24, 2.45) is 0 Å². The lowest BCUT2D eigenvalue weighted by Crippen LogP contribution is -2.22. The van der Waals surface area contributed by atoms with Gasteiger partial charge in [0, 0.05) is 34.6 Å². The monoisotopic (exact) mass is 482 g/mol. The average Bonchev–Trinajstić information content (AvgIpc) is 3.38. The summed E-state index contributed by atoms with van der Waals surface area (Å²) in [5, 5.41) is 13.7. The molecule has 0 spiro atoms. The molecule has 0 bridgehead atoms. The second kappa shape index (κ2) is 8.56. The van der Waals surface area contributed by atoms with Crippen LogP contribution in [-0.4, -0.2) is 45.4 Å². The van der Waals surface area contributed by atoms with E-state index in [1.54, 1.807) is 19.3 Å². The molecule has 10 nitrogen and oxygen atoms in total. The number of nitrogens with zero attached hydrogens (tertiary/aromatic N) is 7. The first kappa shape index (κ1) is 23.2. The normalized spacial score (nSPS) is 11.8. The smallest absolute Gasteiger partial charge is 0.325 e. The summed E-state index contributed by atoms with van der Waals surface area (Å²) in [6.45, 7) is 7.83. The first-order valence-electron chi connectivity index (χ1n) is 11.5. The molecule has 0 saturated carbocycles. The van der Waals surface area contributed by atoms with E-state index < -0.39 is 5.97 Å². The van der Waals surface area contributed by atoms with Crippen molar-refractivity contribution >= 4 is 23.0 Å². The van der Waals surface area contributed by atoms with Crippen molar-refractivity contribution in [1.82, 2.24) is 34.3 Å². The number of carboxylic acids is 1. The number of fused-ring (bicyclic) bond motifs is 1. The molecule has 0 radical (unpaired) electrons. The molecular weight excluding hydrogens is 456 g/mol. The van der Waals surface area contributed by atoms with Crippen molar-refractivity contribution in [2.45, 2.75) is 39.8 Å². The van der Waals surface area contributed by atoms with E-state index in [2.05, 4.69) is 45.4 Å². The molecule has 5 aromatic rings. The van der Waals surface area contributed by atoms with Crippen molar-refractivity contribution in [2.75, 3.05) is 5.73 Å². The summed E-state index contributed by atoms with van der Waals surface area (Å²) in [5.41, 5.74) is 10.5. The van der Waals surface area contributed by atoms with E-state index >= 15 is 0 Å². The molecule has 182 valence electrons. The number of aromatic nitrogens is 7. The highest BCUT2D eigenvalue weighted by Crippen LogP contribution is 2.37. The van der Waals surface area contributed by atoms with Gasteiger partial charge in [0.05, 0.1) is 11.0 Å². The van der Waals surface area contributed by atoms with Crippen molar-refractivity contribution in [1.29, 1.82) is 0 Å². The molecule has 3 aromatic heterocycles. The van der Waals surface area contributed by atoms with Crippen LogP contribution in [0.3, 0.4) is 0 Å². The fourth-order valence-corrected chi connectivity index (χ4v) is 4.37. The Balaban J connectivity index is 1.73. The topological polar surface area (TPSA) is 138 Å². The first-order valence-corrected chi connectivity index (χ1v) is 11.5. The van der Waals surface area contributed by atoms with Crippen LogP contribution in [0.2, 0.25) is 0 Å². The molecule has 0 saturated heterocycles. The Labute approximate surface area is 207 Å². The molecular formula is C26H26N8O2. The number of aryl methyl sites for hydroxylation is 1. The van der Waals surface area contributed by atoms with Gasteiger partial charge in [-0.25, -0.2) is 24.6 Å². The number of nitrogens with two attached hydrogens (primary N) is 1. The second-order valence-electron chi connectivity index (χ2n) is 9.55. The zero-order valence-corrected chi connectivity index (χ0v) is 20.5. The zero-order valence-electron chi connectivity index (χ0n) is 20.5. The third-order valence-electron chi connectivity index (χ3n) is 5.80. The lowest BCUT2D eigenvalue weighted by Gasteiger charge is -2.25. The van der Waals surface area contributed by atoms with Gasteiger partial charge in [0.15, 0.2) is 5.82 Å². The fourth-order valence-electron chi connectivity index (χ4n) is 4.37. The van der Waals surface area contributed by atoms with Gasteiger partial charge in [-0.05, 0) is 45.4 Å². The van der Waals surface area contributed by atoms with Gasteiger partial charge in [0.2, 0.25) is 5.95 Å². The van der Waals surface area contributed by atoms with Crippen molar-refractivity contribution in [3.05, 3.63) is 60.7 Å². The van der Waals surface area contributed by atoms with Crippen LogP contribution < -0.4 is 5.73 Å². The minimum atomic E-state index is -0.986. The summed E-state index contributed by atoms with van der Waals surface area (Å²) in [5.74, 6) is 0.973. The summed E-state index contributed by atoms with van der Waals surface area (Å²) in [7, 11) is 0. The number of carbonyl (C=O) groups is 1. The van der Waals surface area contributed by atoms with E-state index in [4.69, 9.17) is 10.7 Å². The predicted molar refractivity (Wildman–Crippen MR) is 137 cm³/mol. The van der Waals surface area contributed by atoms with Gasteiger partial charge in [0.25, 0.3) is 0 Å². The zero-order chi connectivity index (χ0) is 25.6. The molecule has 2 aromatic carbocycles. The van der Waals surface area contributed by atoms with E-state index in [9.17, 15) is 9.90 Å². The fraction of sp³-hybridized carbons (Fsp3) is 0.231. The maximum Gasteiger partial charge on any atom is 0.325 e. The third-order valence-corrected chi connectivity index (χ3v) is 5.80.